The Morgan fingerprint density at radius 3 is 2.47 bits per heavy atom. The third-order valence-electron chi connectivity index (χ3n) is 7.39. The normalized spacial score (nSPS) is 32.7. The molecule has 3 heterocycles. The van der Waals surface area contributed by atoms with Crippen molar-refractivity contribution < 1.29 is 24.6 Å². The number of alkyl halides is 1. The lowest BCUT2D eigenvalue weighted by Crippen LogP contribution is -2.60. The number of aliphatic hydroxyl groups is 1. The number of aliphatic hydroxyl groups excluding tert-OH is 1. The SMILES string of the molecule is C=CCN(C(=O)C1N(CCCCO)C(=O)[C@@H]2[C@H](C(=O)O)[C@H]3SC12CC3Br)C(C)(C)CC(C)(C)C. The molecule has 6 atom stereocenters. The van der Waals surface area contributed by atoms with Crippen molar-refractivity contribution in [2.24, 2.45) is 17.3 Å². The van der Waals surface area contributed by atoms with Gasteiger partial charge in [0, 0.05) is 35.3 Å². The molecule has 2 amide bonds. The van der Waals surface area contributed by atoms with E-state index >= 15 is 0 Å². The summed E-state index contributed by atoms with van der Waals surface area (Å²) < 4.78 is -0.771. The first kappa shape index (κ1) is 27.5. The first-order valence-electron chi connectivity index (χ1n) is 12.1. The molecule has 2 N–H and O–H groups in total. The van der Waals surface area contributed by atoms with E-state index in [4.69, 9.17) is 0 Å². The van der Waals surface area contributed by atoms with Crippen LogP contribution >= 0.6 is 27.7 Å². The summed E-state index contributed by atoms with van der Waals surface area (Å²) in [5.41, 5.74) is -0.508. The molecule has 1 spiro atoms. The van der Waals surface area contributed by atoms with Gasteiger partial charge in [-0.1, -0.05) is 42.8 Å². The van der Waals surface area contributed by atoms with Crippen LogP contribution in [0.3, 0.4) is 0 Å². The summed E-state index contributed by atoms with van der Waals surface area (Å²) in [6.45, 7) is 15.1. The molecule has 9 heteroatoms. The number of thioether (sulfide) groups is 1. The number of fused-ring (bicyclic) bond motifs is 1. The van der Waals surface area contributed by atoms with Crippen molar-refractivity contribution in [2.45, 2.75) is 86.7 Å². The lowest BCUT2D eigenvalue weighted by molar-refractivity contribution is -0.149. The van der Waals surface area contributed by atoms with E-state index in [2.05, 4.69) is 43.3 Å². The molecule has 3 aliphatic heterocycles. The van der Waals surface area contributed by atoms with Gasteiger partial charge < -0.3 is 20.0 Å². The van der Waals surface area contributed by atoms with Crippen molar-refractivity contribution in [1.29, 1.82) is 0 Å². The number of rotatable bonds is 10. The number of unbranched alkanes of at least 4 members (excludes halogenated alkanes) is 1. The Balaban J connectivity index is 2.07. The van der Waals surface area contributed by atoms with E-state index in [-0.39, 0.29) is 33.9 Å². The number of carboxylic acid groups (broad SMARTS) is 1. The molecule has 34 heavy (non-hydrogen) atoms. The van der Waals surface area contributed by atoms with Crippen molar-refractivity contribution in [2.75, 3.05) is 19.7 Å². The minimum atomic E-state index is -0.971. The standard InChI is InChI=1S/C25H39BrN2O5S/c1-7-10-28(24(5,6)14-23(2,3)4)21(31)19-25-13-15(26)18(34-25)16(22(32)33)17(25)20(30)27(19)11-8-9-12-29/h7,15-19,29H,1,8-14H2,2-6H3,(H,32,33)/t15?,16-,17-,18-,19?,25?/m0/s1. The van der Waals surface area contributed by atoms with Crippen LogP contribution in [0.25, 0.3) is 0 Å². The number of hydrogen-bond acceptors (Lipinski definition) is 5. The molecule has 7 nitrogen and oxygen atoms in total. The zero-order chi connectivity index (χ0) is 25.6. The minimum Gasteiger partial charge on any atom is -0.481 e. The quantitative estimate of drug-likeness (QED) is 0.242. The highest BCUT2D eigenvalue weighted by atomic mass is 79.9. The summed E-state index contributed by atoms with van der Waals surface area (Å²) in [6, 6.07) is -0.734. The third-order valence-corrected chi connectivity index (χ3v) is 10.6. The Bertz CT molecular complexity index is 844. The van der Waals surface area contributed by atoms with Crippen LogP contribution in [0.1, 0.15) is 60.3 Å². The van der Waals surface area contributed by atoms with Crippen molar-refractivity contribution >= 4 is 45.5 Å². The molecule has 0 aromatic heterocycles. The molecule has 192 valence electrons. The van der Waals surface area contributed by atoms with E-state index in [9.17, 15) is 24.6 Å². The molecule has 3 saturated heterocycles. The lowest BCUT2D eigenvalue weighted by atomic mass is 9.70. The fourth-order valence-electron chi connectivity index (χ4n) is 6.63. The maximum absolute atomic E-state index is 14.4. The minimum absolute atomic E-state index is 0.00840. The van der Waals surface area contributed by atoms with Crippen molar-refractivity contribution in [3.63, 3.8) is 0 Å². The number of nitrogens with zero attached hydrogens (tertiary/aromatic N) is 2. The predicted octanol–water partition coefficient (Wildman–Crippen LogP) is 3.54. The first-order chi connectivity index (χ1) is 15.7. The number of carboxylic acids is 1. The zero-order valence-corrected chi connectivity index (χ0v) is 23.3. The van der Waals surface area contributed by atoms with Crippen LogP contribution in [0, 0.1) is 17.3 Å². The molecule has 3 unspecified atom stereocenters. The Kier molecular flexibility index (Phi) is 7.91. The second-order valence-electron chi connectivity index (χ2n) is 11.8. The molecule has 3 aliphatic rings. The number of carbonyl (C=O) groups excluding carboxylic acids is 2. The van der Waals surface area contributed by atoms with Crippen LogP contribution in [0.2, 0.25) is 0 Å². The van der Waals surface area contributed by atoms with Crippen LogP contribution in [0.15, 0.2) is 12.7 Å². The highest BCUT2D eigenvalue weighted by Crippen LogP contribution is 2.68. The molecule has 0 aliphatic carbocycles. The molecule has 0 radical (unpaired) electrons. The van der Waals surface area contributed by atoms with Gasteiger partial charge in [-0.05, 0) is 44.9 Å². The van der Waals surface area contributed by atoms with Gasteiger partial charge in [-0.2, -0.15) is 0 Å². The smallest absolute Gasteiger partial charge is 0.308 e. The third kappa shape index (κ3) is 4.69. The van der Waals surface area contributed by atoms with Gasteiger partial charge in [0.05, 0.1) is 16.6 Å². The second kappa shape index (κ2) is 9.77. The molecule has 0 aromatic rings. The monoisotopic (exact) mass is 558 g/mol. The van der Waals surface area contributed by atoms with Crippen LogP contribution in [-0.4, -0.2) is 83.9 Å². The van der Waals surface area contributed by atoms with Gasteiger partial charge in [0.2, 0.25) is 11.8 Å². The van der Waals surface area contributed by atoms with Crippen molar-refractivity contribution in [3.05, 3.63) is 12.7 Å². The Morgan fingerprint density at radius 1 is 1.29 bits per heavy atom. The van der Waals surface area contributed by atoms with Gasteiger partial charge in [-0.25, -0.2) is 0 Å². The lowest BCUT2D eigenvalue weighted by Gasteiger charge is -2.46. The Labute approximate surface area is 215 Å². The van der Waals surface area contributed by atoms with Gasteiger partial charge in [0.15, 0.2) is 0 Å². The average Bonchev–Trinajstić information content (AvgIpc) is 3.28. The largest absolute Gasteiger partial charge is 0.481 e. The van der Waals surface area contributed by atoms with Gasteiger partial charge >= 0.3 is 5.97 Å². The van der Waals surface area contributed by atoms with Crippen LogP contribution in [-0.2, 0) is 14.4 Å². The average molecular weight is 560 g/mol. The highest BCUT2D eigenvalue weighted by molar-refractivity contribution is 9.09. The molecular weight excluding hydrogens is 520 g/mol. The van der Waals surface area contributed by atoms with Crippen molar-refractivity contribution in [3.8, 4) is 0 Å². The van der Waals surface area contributed by atoms with E-state index in [1.54, 1.807) is 11.0 Å². The van der Waals surface area contributed by atoms with E-state index in [0.29, 0.717) is 32.4 Å². The van der Waals surface area contributed by atoms with Gasteiger partial charge in [0.25, 0.3) is 0 Å². The van der Waals surface area contributed by atoms with E-state index < -0.39 is 34.1 Å². The Hall–Kier alpha value is -1.06. The predicted molar refractivity (Wildman–Crippen MR) is 138 cm³/mol. The number of amides is 2. The molecule has 0 saturated carbocycles. The molecular formula is C25H39BrN2O5S. The second-order valence-corrected chi connectivity index (χ2v) is 14.5. The van der Waals surface area contributed by atoms with Crippen LogP contribution < -0.4 is 0 Å². The number of aliphatic carboxylic acids is 1. The fraction of sp³-hybridized carbons (Fsp3) is 0.800. The summed E-state index contributed by atoms with van der Waals surface area (Å²) in [7, 11) is 0. The molecule has 0 aromatic carbocycles. The highest BCUT2D eigenvalue weighted by Gasteiger charge is 2.76. The van der Waals surface area contributed by atoms with E-state index in [1.165, 1.54) is 11.8 Å². The number of carbonyl (C=O) groups is 3. The summed E-state index contributed by atoms with van der Waals surface area (Å²) in [4.78, 5) is 43.8. The van der Waals surface area contributed by atoms with Crippen molar-refractivity contribution in [1.82, 2.24) is 9.80 Å². The van der Waals surface area contributed by atoms with Crippen LogP contribution in [0.5, 0.6) is 0 Å². The molecule has 3 fully saturated rings. The number of halogens is 1. The maximum Gasteiger partial charge on any atom is 0.308 e. The molecule has 2 bridgehead atoms. The first-order valence-corrected chi connectivity index (χ1v) is 13.9. The van der Waals surface area contributed by atoms with E-state index in [0.717, 1.165) is 6.42 Å². The fourth-order valence-corrected chi connectivity index (χ4v) is 10.2. The zero-order valence-electron chi connectivity index (χ0n) is 20.9. The maximum atomic E-state index is 14.4. The summed E-state index contributed by atoms with van der Waals surface area (Å²) >= 11 is 5.20. The number of likely N-dealkylation sites (tertiary alicyclic amines) is 1. The van der Waals surface area contributed by atoms with Gasteiger partial charge in [-0.3, -0.25) is 14.4 Å². The topological polar surface area (TPSA) is 98.2 Å². The molecule has 3 rings (SSSR count). The van der Waals surface area contributed by atoms with E-state index in [1.807, 2.05) is 18.7 Å². The summed E-state index contributed by atoms with van der Waals surface area (Å²) in [6.07, 6.45) is 4.14. The van der Waals surface area contributed by atoms with Gasteiger partial charge in [0.1, 0.15) is 6.04 Å². The Morgan fingerprint density at radius 2 is 1.94 bits per heavy atom. The summed E-state index contributed by atoms with van der Waals surface area (Å²) in [5, 5.41) is 19.1. The van der Waals surface area contributed by atoms with Crippen LogP contribution in [0.4, 0.5) is 0 Å². The summed E-state index contributed by atoms with van der Waals surface area (Å²) in [5.74, 6) is -2.86. The number of hydrogen-bond donors (Lipinski definition) is 2. The van der Waals surface area contributed by atoms with Gasteiger partial charge in [-0.15, -0.1) is 18.3 Å².